The predicted octanol–water partition coefficient (Wildman–Crippen LogP) is 2.80. The summed E-state index contributed by atoms with van der Waals surface area (Å²) in [5.41, 5.74) is 1.32. The van der Waals surface area contributed by atoms with Gasteiger partial charge in [0.25, 0.3) is 0 Å². The summed E-state index contributed by atoms with van der Waals surface area (Å²) in [5.74, 6) is 0. The number of carbonyl (C=O) groups excluding carboxylic acids is 1. The number of carbonyl (C=O) groups is 1. The van der Waals surface area contributed by atoms with E-state index < -0.39 is 0 Å². The molecule has 20 heavy (non-hydrogen) atoms. The number of fused-ring (bicyclic) bond motifs is 1. The number of ether oxygens (including phenoxy) is 1. The Bertz CT molecular complexity index is 641. The van der Waals surface area contributed by atoms with Crippen LogP contribution in [0.2, 0.25) is 5.02 Å². The number of amides is 2. The Balaban J connectivity index is 1.80. The van der Waals surface area contributed by atoms with Crippen molar-refractivity contribution in [1.29, 1.82) is 0 Å². The Hall–Kier alpha value is -1.85. The predicted molar refractivity (Wildman–Crippen MR) is 78.1 cm³/mol. The van der Waals surface area contributed by atoms with E-state index in [1.807, 2.05) is 12.1 Å². The highest BCUT2D eigenvalue weighted by atomic mass is 35.5. The van der Waals surface area contributed by atoms with Crippen molar-refractivity contribution >= 4 is 34.2 Å². The molecule has 1 saturated heterocycles. The average molecular weight is 292 g/mol. The van der Waals surface area contributed by atoms with Gasteiger partial charge in [0.2, 0.25) is 0 Å². The Morgan fingerprint density at radius 1 is 1.40 bits per heavy atom. The fourth-order valence-electron chi connectivity index (χ4n) is 2.23. The first-order chi connectivity index (χ1) is 9.74. The third kappa shape index (κ3) is 2.69. The number of nitrogens with one attached hydrogen (secondary N) is 2. The van der Waals surface area contributed by atoms with Crippen LogP contribution in [0.25, 0.3) is 10.9 Å². The number of rotatable bonds is 2. The zero-order valence-electron chi connectivity index (χ0n) is 10.7. The molecule has 6 heteroatoms. The summed E-state index contributed by atoms with van der Waals surface area (Å²) in [6.45, 7) is 1.25. The van der Waals surface area contributed by atoms with Gasteiger partial charge in [-0.2, -0.15) is 0 Å². The minimum Gasteiger partial charge on any atom is -0.379 e. The Labute approximate surface area is 121 Å². The summed E-state index contributed by atoms with van der Waals surface area (Å²) in [6.07, 6.45) is 2.51. The lowest BCUT2D eigenvalue weighted by molar-refractivity contribution is 0.189. The number of hydrogen-bond donors (Lipinski definition) is 2. The molecular weight excluding hydrogens is 278 g/mol. The first-order valence-corrected chi connectivity index (χ1v) is 6.80. The second-order valence-electron chi connectivity index (χ2n) is 4.65. The summed E-state index contributed by atoms with van der Waals surface area (Å²) in [7, 11) is 0. The van der Waals surface area contributed by atoms with Gasteiger partial charge < -0.3 is 15.4 Å². The number of benzene rings is 1. The minimum absolute atomic E-state index is 0.0709. The van der Waals surface area contributed by atoms with Crippen molar-refractivity contribution in [3.63, 3.8) is 0 Å². The number of hydrogen-bond acceptors (Lipinski definition) is 3. The van der Waals surface area contributed by atoms with Crippen molar-refractivity contribution in [2.75, 3.05) is 18.5 Å². The van der Waals surface area contributed by atoms with Crippen LogP contribution in [0.4, 0.5) is 10.5 Å². The average Bonchev–Trinajstić information content (AvgIpc) is 2.95. The number of pyridine rings is 1. The minimum atomic E-state index is -0.255. The third-order valence-electron chi connectivity index (χ3n) is 3.23. The molecule has 3 rings (SSSR count). The van der Waals surface area contributed by atoms with Crippen molar-refractivity contribution in [1.82, 2.24) is 10.3 Å². The summed E-state index contributed by atoms with van der Waals surface area (Å²) >= 11 is 6.12. The second kappa shape index (κ2) is 5.64. The van der Waals surface area contributed by atoms with Crippen molar-refractivity contribution < 1.29 is 9.53 Å². The van der Waals surface area contributed by atoms with Gasteiger partial charge in [-0.05, 0) is 30.7 Å². The fraction of sp³-hybridized carbons (Fsp3) is 0.286. The van der Waals surface area contributed by atoms with Crippen molar-refractivity contribution in [3.8, 4) is 0 Å². The van der Waals surface area contributed by atoms with Gasteiger partial charge in [0.05, 0.1) is 28.9 Å². The smallest absolute Gasteiger partial charge is 0.319 e. The summed E-state index contributed by atoms with van der Waals surface area (Å²) in [5, 5.41) is 7.11. The molecule has 1 atom stereocenters. The molecule has 0 bridgehead atoms. The molecular formula is C14H14ClN3O2. The van der Waals surface area contributed by atoms with Crippen LogP contribution in [0.15, 0.2) is 30.5 Å². The van der Waals surface area contributed by atoms with Crippen LogP contribution >= 0.6 is 11.6 Å². The molecule has 1 fully saturated rings. The first kappa shape index (κ1) is 13.1. The summed E-state index contributed by atoms with van der Waals surface area (Å²) in [6, 6.07) is 7.01. The van der Waals surface area contributed by atoms with Crippen molar-refractivity contribution in [2.45, 2.75) is 12.5 Å². The van der Waals surface area contributed by atoms with Crippen LogP contribution in [0.5, 0.6) is 0 Å². The number of aromatic nitrogens is 1. The van der Waals surface area contributed by atoms with E-state index in [1.165, 1.54) is 0 Å². The van der Waals surface area contributed by atoms with Crippen molar-refractivity contribution in [3.05, 3.63) is 35.5 Å². The molecule has 104 valence electrons. The monoisotopic (exact) mass is 291 g/mol. The topological polar surface area (TPSA) is 63.2 Å². The molecule has 2 aromatic rings. The van der Waals surface area contributed by atoms with E-state index in [-0.39, 0.29) is 12.1 Å². The van der Waals surface area contributed by atoms with Gasteiger partial charge in [0.1, 0.15) is 0 Å². The Kier molecular flexibility index (Phi) is 3.71. The number of anilines is 1. The molecule has 2 heterocycles. The van der Waals surface area contributed by atoms with Gasteiger partial charge in [-0.25, -0.2) is 4.79 Å². The van der Waals surface area contributed by atoms with Gasteiger partial charge in [0, 0.05) is 18.2 Å². The maximum atomic E-state index is 12.0. The quantitative estimate of drug-likeness (QED) is 0.894. The van der Waals surface area contributed by atoms with E-state index >= 15 is 0 Å². The van der Waals surface area contributed by atoms with Gasteiger partial charge in [-0.15, -0.1) is 0 Å². The van der Waals surface area contributed by atoms with E-state index in [9.17, 15) is 4.79 Å². The number of halogens is 1. The lowest BCUT2D eigenvalue weighted by Gasteiger charge is -2.13. The maximum Gasteiger partial charge on any atom is 0.319 e. The lowest BCUT2D eigenvalue weighted by Crippen LogP contribution is -2.38. The second-order valence-corrected chi connectivity index (χ2v) is 5.06. The van der Waals surface area contributed by atoms with Crippen LogP contribution in [0.3, 0.4) is 0 Å². The Morgan fingerprint density at radius 2 is 2.30 bits per heavy atom. The molecule has 1 aliphatic rings. The van der Waals surface area contributed by atoms with E-state index in [1.54, 1.807) is 18.3 Å². The molecule has 0 aliphatic carbocycles. The van der Waals surface area contributed by atoms with Crippen molar-refractivity contribution in [2.24, 2.45) is 0 Å². The van der Waals surface area contributed by atoms with Crippen LogP contribution in [0, 0.1) is 0 Å². The SMILES string of the molecule is O=C(Nc1ccc(Cl)c2cccnc12)NC1CCOC1. The first-order valence-electron chi connectivity index (χ1n) is 6.42. The molecule has 0 spiro atoms. The molecule has 2 amide bonds. The summed E-state index contributed by atoms with van der Waals surface area (Å²) in [4.78, 5) is 16.2. The van der Waals surface area contributed by atoms with Gasteiger partial charge in [-0.3, -0.25) is 4.98 Å². The molecule has 1 unspecified atom stereocenters. The molecule has 2 N–H and O–H groups in total. The Morgan fingerprint density at radius 3 is 3.10 bits per heavy atom. The normalized spacial score (nSPS) is 18.1. The molecule has 1 aliphatic heterocycles. The van der Waals surface area contributed by atoms with E-state index in [4.69, 9.17) is 16.3 Å². The zero-order chi connectivity index (χ0) is 13.9. The molecule has 5 nitrogen and oxygen atoms in total. The van der Waals surface area contributed by atoms with Crippen LogP contribution < -0.4 is 10.6 Å². The van der Waals surface area contributed by atoms with Gasteiger partial charge in [-0.1, -0.05) is 11.6 Å². The van der Waals surface area contributed by atoms with E-state index in [0.29, 0.717) is 29.4 Å². The van der Waals surface area contributed by atoms with Gasteiger partial charge in [0.15, 0.2) is 0 Å². The lowest BCUT2D eigenvalue weighted by atomic mass is 10.2. The van der Waals surface area contributed by atoms with Gasteiger partial charge >= 0.3 is 6.03 Å². The summed E-state index contributed by atoms with van der Waals surface area (Å²) < 4.78 is 5.22. The van der Waals surface area contributed by atoms with Crippen LogP contribution in [0.1, 0.15) is 6.42 Å². The molecule has 1 aromatic heterocycles. The molecule has 0 radical (unpaired) electrons. The maximum absolute atomic E-state index is 12.0. The third-order valence-corrected chi connectivity index (χ3v) is 3.56. The highest BCUT2D eigenvalue weighted by Crippen LogP contribution is 2.27. The standard InChI is InChI=1S/C14H14ClN3O2/c15-11-3-4-12(13-10(11)2-1-6-16-13)18-14(19)17-9-5-7-20-8-9/h1-4,6,9H,5,7-8H2,(H2,17,18,19). The van der Waals surface area contributed by atoms with Crippen LogP contribution in [-0.4, -0.2) is 30.3 Å². The van der Waals surface area contributed by atoms with E-state index in [2.05, 4.69) is 15.6 Å². The molecule has 1 aromatic carbocycles. The highest BCUT2D eigenvalue weighted by Gasteiger charge is 2.18. The number of nitrogens with zero attached hydrogens (tertiary/aromatic N) is 1. The molecule has 0 saturated carbocycles. The largest absolute Gasteiger partial charge is 0.379 e. The van der Waals surface area contributed by atoms with Crippen LogP contribution in [-0.2, 0) is 4.74 Å². The number of urea groups is 1. The zero-order valence-corrected chi connectivity index (χ0v) is 11.5. The highest BCUT2D eigenvalue weighted by molar-refractivity contribution is 6.35. The van der Waals surface area contributed by atoms with E-state index in [0.717, 1.165) is 11.8 Å². The fourth-order valence-corrected chi connectivity index (χ4v) is 2.45.